The fraction of sp³-hybridized carbons (Fsp3) is 0.333. The quantitative estimate of drug-likeness (QED) is 0.740. The molecule has 0 fully saturated rings. The van der Waals surface area contributed by atoms with Crippen LogP contribution in [0.4, 0.5) is 11.5 Å². The largest absolute Gasteiger partial charge is 0.497 e. The van der Waals surface area contributed by atoms with Gasteiger partial charge < -0.3 is 23.8 Å². The summed E-state index contributed by atoms with van der Waals surface area (Å²) in [6, 6.07) is 7.44. The van der Waals surface area contributed by atoms with Crippen molar-refractivity contribution in [1.29, 1.82) is 0 Å². The number of rotatable bonds is 7. The maximum Gasteiger partial charge on any atom is 0.160 e. The monoisotopic (exact) mass is 374 g/mol. The summed E-state index contributed by atoms with van der Waals surface area (Å²) in [5.74, 6) is 3.65. The summed E-state index contributed by atoms with van der Waals surface area (Å²) in [5.41, 5.74) is 2.66. The number of benzene rings is 1. The molecule has 0 atom stereocenters. The molecular weight excluding hydrogens is 352 g/mol. The Morgan fingerprint density at radius 3 is 2.65 bits per heavy atom. The number of nitrogens with zero attached hydrogens (tertiary/aromatic N) is 3. The Morgan fingerprint density at radius 2 is 2.00 bits per heavy atom. The summed E-state index contributed by atoms with van der Waals surface area (Å²) in [6.07, 6.45) is 2.05. The molecule has 138 valence electrons. The first-order chi connectivity index (χ1) is 12.6. The van der Waals surface area contributed by atoms with Gasteiger partial charge in [-0.25, -0.2) is 9.97 Å². The Balaban J connectivity index is 1.96. The molecule has 2 aromatic rings. The minimum absolute atomic E-state index is 0.412. The normalized spacial score (nSPS) is 13.5. The van der Waals surface area contributed by atoms with E-state index in [9.17, 15) is 0 Å². The second-order valence-electron chi connectivity index (χ2n) is 5.67. The predicted octanol–water partition coefficient (Wildman–Crippen LogP) is 3.32. The summed E-state index contributed by atoms with van der Waals surface area (Å²) < 4.78 is 18.0. The van der Waals surface area contributed by atoms with Gasteiger partial charge in [0.05, 0.1) is 32.2 Å². The minimum atomic E-state index is 0.412. The second kappa shape index (κ2) is 8.29. The first kappa shape index (κ1) is 18.3. The van der Waals surface area contributed by atoms with Crippen molar-refractivity contribution in [3.05, 3.63) is 42.0 Å². The third-order valence-electron chi connectivity index (χ3n) is 3.79. The third-order valence-corrected chi connectivity index (χ3v) is 4.74. The van der Waals surface area contributed by atoms with E-state index in [4.69, 9.17) is 14.2 Å². The molecule has 26 heavy (non-hydrogen) atoms. The molecule has 0 saturated heterocycles. The maximum atomic E-state index is 5.43. The summed E-state index contributed by atoms with van der Waals surface area (Å²) in [6.45, 7) is 0.412. The molecule has 1 aliphatic rings. The molecule has 0 aliphatic carbocycles. The molecule has 7 nitrogen and oxygen atoms in total. The minimum Gasteiger partial charge on any atom is -0.497 e. The number of hydrogen-bond donors (Lipinski definition) is 1. The lowest BCUT2D eigenvalue weighted by Gasteiger charge is -2.14. The Hall–Kier alpha value is -2.45. The average Bonchev–Trinajstić information content (AvgIpc) is 3.08. The van der Waals surface area contributed by atoms with Crippen LogP contribution in [0.1, 0.15) is 11.5 Å². The number of hydrogen-bond acceptors (Lipinski definition) is 8. The summed E-state index contributed by atoms with van der Waals surface area (Å²) in [5, 5.41) is 3.31. The van der Waals surface area contributed by atoms with Crippen LogP contribution in [0.3, 0.4) is 0 Å². The van der Waals surface area contributed by atoms with Crippen molar-refractivity contribution < 1.29 is 14.2 Å². The Labute approximate surface area is 157 Å². The van der Waals surface area contributed by atoms with Gasteiger partial charge in [0.2, 0.25) is 0 Å². The lowest BCUT2D eigenvalue weighted by molar-refractivity contribution is 0.181. The molecule has 2 heterocycles. The van der Waals surface area contributed by atoms with E-state index in [1.54, 1.807) is 33.3 Å². The fourth-order valence-corrected chi connectivity index (χ4v) is 3.31. The van der Waals surface area contributed by atoms with Crippen LogP contribution in [0.15, 0.2) is 30.5 Å². The highest BCUT2D eigenvalue weighted by molar-refractivity contribution is 7.97. The Kier molecular flexibility index (Phi) is 5.85. The molecule has 0 unspecified atom stereocenters. The molecule has 0 spiro atoms. The SMILES string of the molecule is COCc1cc(Nc2cc(OC)ccc2OC)nc(C2=CN(C)SC2)n1. The molecule has 1 aliphatic heterocycles. The van der Waals surface area contributed by atoms with Gasteiger partial charge >= 0.3 is 0 Å². The molecule has 1 N–H and O–H groups in total. The molecule has 1 aromatic heterocycles. The van der Waals surface area contributed by atoms with Gasteiger partial charge in [0.15, 0.2) is 5.82 Å². The zero-order chi connectivity index (χ0) is 18.5. The van der Waals surface area contributed by atoms with Crippen molar-refractivity contribution >= 4 is 29.0 Å². The molecule has 3 rings (SSSR count). The van der Waals surface area contributed by atoms with Gasteiger partial charge in [-0.2, -0.15) is 0 Å². The van der Waals surface area contributed by atoms with E-state index in [1.807, 2.05) is 37.5 Å². The van der Waals surface area contributed by atoms with E-state index in [-0.39, 0.29) is 0 Å². The van der Waals surface area contributed by atoms with Crippen LogP contribution in [0, 0.1) is 0 Å². The van der Waals surface area contributed by atoms with Crippen molar-refractivity contribution in [3.8, 4) is 11.5 Å². The first-order valence-corrected chi connectivity index (χ1v) is 9.00. The number of nitrogens with one attached hydrogen (secondary N) is 1. The van der Waals surface area contributed by atoms with Crippen molar-refractivity contribution in [3.63, 3.8) is 0 Å². The van der Waals surface area contributed by atoms with Crippen LogP contribution in [-0.4, -0.2) is 48.4 Å². The van der Waals surface area contributed by atoms with Gasteiger partial charge in [0, 0.05) is 43.8 Å². The van der Waals surface area contributed by atoms with Gasteiger partial charge in [-0.05, 0) is 24.1 Å². The summed E-state index contributed by atoms with van der Waals surface area (Å²) in [4.78, 5) is 9.29. The van der Waals surface area contributed by atoms with Gasteiger partial charge in [-0.15, -0.1) is 0 Å². The molecule has 1 aromatic carbocycles. The number of aromatic nitrogens is 2. The fourth-order valence-electron chi connectivity index (χ4n) is 2.56. The molecule has 8 heteroatoms. The summed E-state index contributed by atoms with van der Waals surface area (Å²) >= 11 is 1.71. The molecular formula is C18H22N4O3S. The maximum absolute atomic E-state index is 5.43. The van der Waals surface area contributed by atoms with Gasteiger partial charge in [-0.1, -0.05) is 0 Å². The summed E-state index contributed by atoms with van der Waals surface area (Å²) in [7, 11) is 6.92. The van der Waals surface area contributed by atoms with Gasteiger partial charge in [0.1, 0.15) is 17.3 Å². The van der Waals surface area contributed by atoms with Crippen molar-refractivity contribution in [1.82, 2.24) is 14.3 Å². The Bertz CT molecular complexity index is 813. The van der Waals surface area contributed by atoms with Crippen molar-refractivity contribution in [2.24, 2.45) is 0 Å². The molecule has 0 saturated carbocycles. The average molecular weight is 374 g/mol. The lowest BCUT2D eigenvalue weighted by Crippen LogP contribution is -2.05. The zero-order valence-corrected chi connectivity index (χ0v) is 16.1. The third kappa shape index (κ3) is 4.20. The second-order valence-corrected chi connectivity index (χ2v) is 6.79. The van der Waals surface area contributed by atoms with E-state index in [0.717, 1.165) is 28.5 Å². The van der Waals surface area contributed by atoms with Crippen LogP contribution >= 0.6 is 11.9 Å². The van der Waals surface area contributed by atoms with Crippen LogP contribution < -0.4 is 14.8 Å². The van der Waals surface area contributed by atoms with Crippen molar-refractivity contribution in [2.45, 2.75) is 6.61 Å². The van der Waals surface area contributed by atoms with Crippen LogP contribution in [0.2, 0.25) is 0 Å². The zero-order valence-electron chi connectivity index (χ0n) is 15.3. The van der Waals surface area contributed by atoms with Crippen LogP contribution in [0.25, 0.3) is 5.57 Å². The number of methoxy groups -OCH3 is 3. The smallest absolute Gasteiger partial charge is 0.160 e. The van der Waals surface area contributed by atoms with Gasteiger partial charge in [-0.3, -0.25) is 0 Å². The van der Waals surface area contributed by atoms with Crippen LogP contribution in [-0.2, 0) is 11.3 Å². The highest BCUT2D eigenvalue weighted by atomic mass is 32.2. The number of anilines is 2. The highest BCUT2D eigenvalue weighted by Gasteiger charge is 2.17. The van der Waals surface area contributed by atoms with E-state index in [0.29, 0.717) is 24.0 Å². The van der Waals surface area contributed by atoms with E-state index < -0.39 is 0 Å². The molecule has 0 amide bonds. The number of ether oxygens (including phenoxy) is 3. The molecule has 0 bridgehead atoms. The van der Waals surface area contributed by atoms with Gasteiger partial charge in [0.25, 0.3) is 0 Å². The van der Waals surface area contributed by atoms with E-state index >= 15 is 0 Å². The lowest BCUT2D eigenvalue weighted by atomic mass is 10.2. The standard InChI is InChI=1S/C18H22N4O3S/c1-22-9-12(11-26-22)18-19-13(10-23-2)7-17(21-18)20-15-8-14(24-3)5-6-16(15)25-4/h5-9H,10-11H2,1-4H3,(H,19,20,21). The van der Waals surface area contributed by atoms with Crippen molar-refractivity contribution in [2.75, 3.05) is 39.4 Å². The Morgan fingerprint density at radius 1 is 1.15 bits per heavy atom. The topological polar surface area (TPSA) is 68.7 Å². The first-order valence-electron chi connectivity index (χ1n) is 8.05. The van der Waals surface area contributed by atoms with E-state index in [2.05, 4.69) is 19.6 Å². The highest BCUT2D eigenvalue weighted by Crippen LogP contribution is 2.32. The predicted molar refractivity (Wildman–Crippen MR) is 104 cm³/mol. The van der Waals surface area contributed by atoms with E-state index in [1.165, 1.54) is 0 Å². The van der Waals surface area contributed by atoms with Crippen LogP contribution in [0.5, 0.6) is 11.5 Å². The molecule has 0 radical (unpaired) electrons.